The van der Waals surface area contributed by atoms with Crippen molar-refractivity contribution in [2.75, 3.05) is 13.1 Å². The van der Waals surface area contributed by atoms with E-state index >= 15 is 0 Å². The number of carboxylic acid groups (broad SMARTS) is 1. The van der Waals surface area contributed by atoms with E-state index in [1.807, 2.05) is 6.92 Å². The van der Waals surface area contributed by atoms with Gasteiger partial charge in [-0.2, -0.15) is 0 Å². The number of nitrogens with zero attached hydrogens (tertiary/aromatic N) is 1. The maximum absolute atomic E-state index is 12.6. The average molecular weight is 308 g/mol. The smallest absolute Gasteiger partial charge is 0.328 e. The van der Waals surface area contributed by atoms with E-state index in [0.29, 0.717) is 30.0 Å². The number of amides is 2. The van der Waals surface area contributed by atoms with Gasteiger partial charge in [0.1, 0.15) is 6.04 Å². The third-order valence-electron chi connectivity index (χ3n) is 3.27. The number of rotatable bonds is 4. The van der Waals surface area contributed by atoms with Gasteiger partial charge in [0, 0.05) is 19.2 Å². The predicted octanol–water partition coefficient (Wildman–Crippen LogP) is 1.20. The van der Waals surface area contributed by atoms with Crippen molar-refractivity contribution in [3.05, 3.63) is 28.0 Å². The highest BCUT2D eigenvalue weighted by atomic mass is 32.1. The van der Waals surface area contributed by atoms with Gasteiger partial charge in [-0.05, 0) is 29.5 Å². The quantitative estimate of drug-likeness (QED) is 0.818. The number of hydrogen-bond acceptors (Lipinski definition) is 4. The zero-order valence-electron chi connectivity index (χ0n) is 11.5. The second-order valence-electron chi connectivity index (χ2n) is 4.59. The topological polar surface area (TPSA) is 86.7 Å². The van der Waals surface area contributed by atoms with Crippen LogP contribution in [0.25, 0.3) is 6.08 Å². The molecule has 2 rings (SSSR count). The molecule has 1 fully saturated rings. The van der Waals surface area contributed by atoms with Crippen molar-refractivity contribution in [1.82, 2.24) is 10.2 Å². The van der Waals surface area contributed by atoms with Gasteiger partial charge in [0.25, 0.3) is 5.91 Å². The minimum Gasteiger partial charge on any atom is -0.478 e. The molecule has 2 N–H and O–H groups in total. The van der Waals surface area contributed by atoms with Gasteiger partial charge in [0.2, 0.25) is 5.91 Å². The lowest BCUT2D eigenvalue weighted by Crippen LogP contribution is -2.56. The van der Waals surface area contributed by atoms with Crippen LogP contribution in [0, 0.1) is 0 Å². The molecule has 1 unspecified atom stereocenters. The molecule has 1 aliphatic heterocycles. The van der Waals surface area contributed by atoms with Gasteiger partial charge in [0.15, 0.2) is 0 Å². The highest BCUT2D eigenvalue weighted by Crippen LogP contribution is 2.23. The molecular formula is C14H16N2O4S. The van der Waals surface area contributed by atoms with Crippen molar-refractivity contribution >= 4 is 35.2 Å². The molecule has 0 saturated carbocycles. The number of carbonyl (C=O) groups excluding carboxylic acids is 2. The third kappa shape index (κ3) is 3.30. The van der Waals surface area contributed by atoms with Gasteiger partial charge in [-0.3, -0.25) is 9.59 Å². The minimum absolute atomic E-state index is 0.142. The number of nitrogens with one attached hydrogen (secondary N) is 1. The average Bonchev–Trinajstić information content (AvgIpc) is 2.92. The van der Waals surface area contributed by atoms with E-state index in [0.717, 1.165) is 6.08 Å². The van der Waals surface area contributed by atoms with E-state index in [9.17, 15) is 14.4 Å². The maximum Gasteiger partial charge on any atom is 0.328 e. The zero-order valence-corrected chi connectivity index (χ0v) is 12.4. The fourth-order valence-corrected chi connectivity index (χ4v) is 3.12. The minimum atomic E-state index is -1.07. The van der Waals surface area contributed by atoms with Crippen LogP contribution in [0.5, 0.6) is 0 Å². The number of carbonyl (C=O) groups is 3. The summed E-state index contributed by atoms with van der Waals surface area (Å²) in [6, 6.07) is 1.23. The Balaban J connectivity index is 2.25. The van der Waals surface area contributed by atoms with Crippen LogP contribution < -0.4 is 5.32 Å². The van der Waals surface area contributed by atoms with Crippen LogP contribution in [0.1, 0.15) is 28.6 Å². The lowest BCUT2D eigenvalue weighted by Gasteiger charge is -2.34. The van der Waals surface area contributed by atoms with E-state index in [-0.39, 0.29) is 11.8 Å². The number of hydrogen-bond donors (Lipinski definition) is 2. The normalized spacial score (nSPS) is 18.8. The monoisotopic (exact) mass is 308 g/mol. The largest absolute Gasteiger partial charge is 0.478 e. The summed E-state index contributed by atoms with van der Waals surface area (Å²) < 4.78 is 0. The standard InChI is InChI=1S/C14H16N2O4S/c1-2-10-13(19)15-6-7-16(10)14(20)12-9(5-8-21-12)3-4-11(17)18/h3-5,8,10H,2,6-7H2,1H3,(H,15,19)(H,17,18). The molecular weight excluding hydrogens is 292 g/mol. The summed E-state index contributed by atoms with van der Waals surface area (Å²) in [6.07, 6.45) is 2.94. The molecule has 112 valence electrons. The van der Waals surface area contributed by atoms with Crippen LogP contribution in [-0.4, -0.2) is 46.9 Å². The molecule has 1 aliphatic rings. The molecule has 0 aliphatic carbocycles. The Kier molecular flexibility index (Phi) is 4.74. The molecule has 2 heterocycles. The van der Waals surface area contributed by atoms with E-state index in [4.69, 9.17) is 5.11 Å². The lowest BCUT2D eigenvalue weighted by molar-refractivity contribution is -0.131. The molecule has 0 spiro atoms. The van der Waals surface area contributed by atoms with Crippen molar-refractivity contribution in [3.63, 3.8) is 0 Å². The van der Waals surface area contributed by atoms with Crippen molar-refractivity contribution in [2.45, 2.75) is 19.4 Å². The van der Waals surface area contributed by atoms with Crippen molar-refractivity contribution in [1.29, 1.82) is 0 Å². The molecule has 1 atom stereocenters. The van der Waals surface area contributed by atoms with Crippen LogP contribution in [0.2, 0.25) is 0 Å². The zero-order chi connectivity index (χ0) is 15.4. The predicted molar refractivity (Wildman–Crippen MR) is 79.1 cm³/mol. The van der Waals surface area contributed by atoms with Gasteiger partial charge >= 0.3 is 5.97 Å². The molecule has 21 heavy (non-hydrogen) atoms. The van der Waals surface area contributed by atoms with Crippen LogP contribution in [-0.2, 0) is 9.59 Å². The second kappa shape index (κ2) is 6.53. The Bertz CT molecular complexity index is 594. The number of aliphatic carboxylic acids is 1. The summed E-state index contributed by atoms with van der Waals surface area (Å²) in [7, 11) is 0. The number of carboxylic acids is 1. The molecule has 1 saturated heterocycles. The molecule has 2 amide bonds. The highest BCUT2D eigenvalue weighted by Gasteiger charge is 2.33. The summed E-state index contributed by atoms with van der Waals surface area (Å²) in [6.45, 7) is 2.76. The Morgan fingerprint density at radius 2 is 2.33 bits per heavy atom. The molecule has 0 bridgehead atoms. The first-order chi connectivity index (χ1) is 10.0. The van der Waals surface area contributed by atoms with Gasteiger partial charge in [-0.1, -0.05) is 6.92 Å². The van der Waals surface area contributed by atoms with Gasteiger partial charge < -0.3 is 15.3 Å². The summed E-state index contributed by atoms with van der Waals surface area (Å²) in [4.78, 5) is 37.0. The van der Waals surface area contributed by atoms with Crippen molar-refractivity contribution in [3.8, 4) is 0 Å². The van der Waals surface area contributed by atoms with Crippen LogP contribution in [0.15, 0.2) is 17.5 Å². The fraction of sp³-hybridized carbons (Fsp3) is 0.357. The Morgan fingerprint density at radius 3 is 3.00 bits per heavy atom. The van der Waals surface area contributed by atoms with Crippen molar-refractivity contribution in [2.24, 2.45) is 0 Å². The van der Waals surface area contributed by atoms with Gasteiger partial charge in [0.05, 0.1) is 4.88 Å². The first-order valence-corrected chi connectivity index (χ1v) is 7.49. The molecule has 1 aromatic heterocycles. The third-order valence-corrected chi connectivity index (χ3v) is 4.19. The molecule has 0 aromatic carbocycles. The molecule has 1 aromatic rings. The molecule has 6 nitrogen and oxygen atoms in total. The first-order valence-electron chi connectivity index (χ1n) is 6.61. The summed E-state index contributed by atoms with van der Waals surface area (Å²) in [5, 5.41) is 13.2. The van der Waals surface area contributed by atoms with Crippen molar-refractivity contribution < 1.29 is 19.5 Å². The summed E-state index contributed by atoms with van der Waals surface area (Å²) >= 11 is 1.25. The SMILES string of the molecule is CCC1C(=O)NCCN1C(=O)c1sccc1C=CC(=O)O. The summed E-state index contributed by atoms with van der Waals surface area (Å²) in [5.74, 6) is -1.43. The molecule has 0 radical (unpaired) electrons. The van der Waals surface area contributed by atoms with E-state index < -0.39 is 12.0 Å². The number of thiophene rings is 1. The van der Waals surface area contributed by atoms with Crippen LogP contribution in [0.3, 0.4) is 0 Å². The Hall–Kier alpha value is -2.15. The Morgan fingerprint density at radius 1 is 1.57 bits per heavy atom. The van der Waals surface area contributed by atoms with Gasteiger partial charge in [-0.15, -0.1) is 11.3 Å². The maximum atomic E-state index is 12.6. The lowest BCUT2D eigenvalue weighted by atomic mass is 10.1. The number of piperazine rings is 1. The second-order valence-corrected chi connectivity index (χ2v) is 5.51. The van der Waals surface area contributed by atoms with E-state index in [2.05, 4.69) is 5.32 Å². The van der Waals surface area contributed by atoms with Crippen LogP contribution >= 0.6 is 11.3 Å². The van der Waals surface area contributed by atoms with E-state index in [1.165, 1.54) is 17.4 Å². The summed E-state index contributed by atoms with van der Waals surface area (Å²) in [5.41, 5.74) is 0.563. The van der Waals surface area contributed by atoms with Crippen LogP contribution in [0.4, 0.5) is 0 Å². The van der Waals surface area contributed by atoms with E-state index in [1.54, 1.807) is 16.3 Å². The highest BCUT2D eigenvalue weighted by molar-refractivity contribution is 7.12. The fourth-order valence-electron chi connectivity index (χ4n) is 2.28. The molecule has 7 heteroatoms. The first kappa shape index (κ1) is 15.2. The Labute approximate surface area is 126 Å². The van der Waals surface area contributed by atoms with Gasteiger partial charge in [-0.25, -0.2) is 4.79 Å².